The van der Waals surface area contributed by atoms with E-state index in [1.807, 2.05) is 0 Å². The first-order valence-corrected chi connectivity index (χ1v) is 6.25. The fraction of sp³-hybridized carbons (Fsp3) is 0.538. The van der Waals surface area contributed by atoms with Gasteiger partial charge in [-0.3, -0.25) is 10.1 Å². The van der Waals surface area contributed by atoms with Crippen LogP contribution in [0.25, 0.3) is 0 Å². The molecule has 0 radical (unpaired) electrons. The second-order valence-corrected chi connectivity index (χ2v) is 4.68. The van der Waals surface area contributed by atoms with Gasteiger partial charge >= 0.3 is 0 Å². The van der Waals surface area contributed by atoms with Crippen molar-refractivity contribution in [3.8, 4) is 0 Å². The summed E-state index contributed by atoms with van der Waals surface area (Å²) in [6.45, 7) is 5.89. The van der Waals surface area contributed by atoms with Gasteiger partial charge in [0.25, 0.3) is 5.69 Å². The lowest BCUT2D eigenvalue weighted by molar-refractivity contribution is -0.385. The highest BCUT2D eigenvalue weighted by atomic mass is 19.1. The first-order valence-electron chi connectivity index (χ1n) is 6.25. The maximum atomic E-state index is 13.1. The van der Waals surface area contributed by atoms with Gasteiger partial charge in [-0.15, -0.1) is 0 Å². The van der Waals surface area contributed by atoms with Gasteiger partial charge in [-0.05, 0) is 18.4 Å². The summed E-state index contributed by atoms with van der Waals surface area (Å²) < 4.78 is 18.5. The van der Waals surface area contributed by atoms with Crippen molar-refractivity contribution in [2.45, 2.75) is 20.3 Å². The van der Waals surface area contributed by atoms with Crippen LogP contribution in [0.2, 0.25) is 0 Å². The Morgan fingerprint density at radius 3 is 2.74 bits per heavy atom. The lowest BCUT2D eigenvalue weighted by atomic mass is 10.1. The van der Waals surface area contributed by atoms with Gasteiger partial charge in [-0.25, -0.2) is 4.39 Å². The van der Waals surface area contributed by atoms with E-state index >= 15 is 0 Å². The number of nitrogens with one attached hydrogen (secondary N) is 1. The SMILES string of the molecule is CC(C)CCOCCNc1cc(F)cc([N+](=O)[O-])c1. The molecule has 0 aliphatic heterocycles. The molecule has 0 aliphatic rings. The molecule has 1 rings (SSSR count). The Kier molecular flexibility index (Phi) is 6.21. The molecular weight excluding hydrogens is 251 g/mol. The third kappa shape index (κ3) is 6.15. The minimum absolute atomic E-state index is 0.261. The Balaban J connectivity index is 2.35. The zero-order valence-electron chi connectivity index (χ0n) is 11.2. The van der Waals surface area contributed by atoms with Gasteiger partial charge in [0.1, 0.15) is 5.82 Å². The number of non-ortho nitro benzene ring substituents is 1. The van der Waals surface area contributed by atoms with E-state index in [1.165, 1.54) is 12.1 Å². The van der Waals surface area contributed by atoms with Crippen molar-refractivity contribution >= 4 is 11.4 Å². The van der Waals surface area contributed by atoms with Gasteiger partial charge in [0.05, 0.1) is 17.6 Å². The predicted molar refractivity (Wildman–Crippen MR) is 71.8 cm³/mol. The van der Waals surface area contributed by atoms with Crippen LogP contribution in [0.5, 0.6) is 0 Å². The van der Waals surface area contributed by atoms with E-state index in [-0.39, 0.29) is 5.69 Å². The van der Waals surface area contributed by atoms with E-state index < -0.39 is 10.7 Å². The third-order valence-electron chi connectivity index (χ3n) is 2.51. The summed E-state index contributed by atoms with van der Waals surface area (Å²) >= 11 is 0. The van der Waals surface area contributed by atoms with Crippen molar-refractivity contribution in [3.05, 3.63) is 34.1 Å². The highest BCUT2D eigenvalue weighted by Gasteiger charge is 2.09. The third-order valence-corrected chi connectivity index (χ3v) is 2.51. The average molecular weight is 270 g/mol. The van der Waals surface area contributed by atoms with Gasteiger partial charge in [0, 0.05) is 24.9 Å². The number of ether oxygens (including phenoxy) is 1. The summed E-state index contributed by atoms with van der Waals surface area (Å²) in [4.78, 5) is 9.95. The van der Waals surface area contributed by atoms with Crippen LogP contribution >= 0.6 is 0 Å². The second-order valence-electron chi connectivity index (χ2n) is 4.68. The molecule has 5 nitrogen and oxygen atoms in total. The lowest BCUT2D eigenvalue weighted by Crippen LogP contribution is -2.11. The quantitative estimate of drug-likeness (QED) is 0.447. The van der Waals surface area contributed by atoms with E-state index in [2.05, 4.69) is 19.2 Å². The van der Waals surface area contributed by atoms with Gasteiger partial charge in [0.15, 0.2) is 0 Å². The van der Waals surface area contributed by atoms with Crippen LogP contribution in [0.15, 0.2) is 18.2 Å². The average Bonchev–Trinajstić information content (AvgIpc) is 2.32. The Bertz CT molecular complexity index is 424. The zero-order chi connectivity index (χ0) is 14.3. The molecule has 6 heteroatoms. The highest BCUT2D eigenvalue weighted by molar-refractivity contribution is 5.51. The maximum absolute atomic E-state index is 13.1. The summed E-state index contributed by atoms with van der Waals surface area (Å²) in [5.74, 6) is -0.0312. The van der Waals surface area contributed by atoms with Gasteiger partial charge in [-0.2, -0.15) is 0 Å². The van der Waals surface area contributed by atoms with E-state index in [0.717, 1.165) is 12.5 Å². The van der Waals surface area contributed by atoms with Crippen molar-refractivity contribution in [2.75, 3.05) is 25.1 Å². The molecule has 0 heterocycles. The van der Waals surface area contributed by atoms with Crippen LogP contribution < -0.4 is 5.32 Å². The molecule has 0 amide bonds. The molecule has 0 atom stereocenters. The van der Waals surface area contributed by atoms with Crippen LogP contribution in [-0.4, -0.2) is 24.7 Å². The molecule has 106 valence electrons. The summed E-state index contributed by atoms with van der Waals surface area (Å²) in [6.07, 6.45) is 0.992. The Hall–Kier alpha value is -1.69. The molecule has 1 aromatic carbocycles. The second kappa shape index (κ2) is 7.68. The number of benzene rings is 1. The zero-order valence-corrected chi connectivity index (χ0v) is 11.2. The van der Waals surface area contributed by atoms with Crippen LogP contribution in [0, 0.1) is 21.8 Å². The monoisotopic (exact) mass is 270 g/mol. The number of hydrogen-bond donors (Lipinski definition) is 1. The molecule has 0 unspecified atom stereocenters. The molecule has 0 saturated heterocycles. The highest BCUT2D eigenvalue weighted by Crippen LogP contribution is 2.19. The van der Waals surface area contributed by atoms with Crippen molar-refractivity contribution in [1.82, 2.24) is 0 Å². The van der Waals surface area contributed by atoms with Crippen LogP contribution in [0.3, 0.4) is 0 Å². The van der Waals surface area contributed by atoms with Crippen molar-refractivity contribution in [2.24, 2.45) is 5.92 Å². The first-order chi connectivity index (χ1) is 8.99. The minimum Gasteiger partial charge on any atom is -0.382 e. The maximum Gasteiger partial charge on any atom is 0.274 e. The standard InChI is InChI=1S/C13H19FN2O3/c1-10(2)3-5-19-6-4-15-12-7-11(14)8-13(9-12)16(17)18/h7-10,15H,3-6H2,1-2H3. The fourth-order valence-corrected chi connectivity index (χ4v) is 1.47. The summed E-state index contributed by atoms with van der Waals surface area (Å²) in [6, 6.07) is 3.42. The van der Waals surface area contributed by atoms with Crippen LogP contribution in [-0.2, 0) is 4.74 Å². The largest absolute Gasteiger partial charge is 0.382 e. The van der Waals surface area contributed by atoms with E-state index in [0.29, 0.717) is 31.4 Å². The smallest absolute Gasteiger partial charge is 0.274 e. The molecule has 19 heavy (non-hydrogen) atoms. The van der Waals surface area contributed by atoms with Crippen molar-refractivity contribution < 1.29 is 14.1 Å². The number of hydrogen-bond acceptors (Lipinski definition) is 4. The number of nitro benzene ring substituents is 1. The molecule has 0 saturated carbocycles. The van der Waals surface area contributed by atoms with Gasteiger partial charge in [0.2, 0.25) is 0 Å². The number of rotatable bonds is 8. The molecule has 0 aromatic heterocycles. The molecular formula is C13H19FN2O3. The lowest BCUT2D eigenvalue weighted by Gasteiger charge is -2.08. The number of halogens is 1. The van der Waals surface area contributed by atoms with E-state index in [1.54, 1.807) is 0 Å². The predicted octanol–water partition coefficient (Wildman–Crippen LogP) is 3.21. The summed E-state index contributed by atoms with van der Waals surface area (Å²) in [7, 11) is 0. The van der Waals surface area contributed by atoms with Crippen molar-refractivity contribution in [1.29, 1.82) is 0 Å². The van der Waals surface area contributed by atoms with Gasteiger partial charge < -0.3 is 10.1 Å². The molecule has 0 spiro atoms. The summed E-state index contributed by atoms with van der Waals surface area (Å²) in [5.41, 5.74) is 0.127. The van der Waals surface area contributed by atoms with Crippen LogP contribution in [0.4, 0.5) is 15.8 Å². The van der Waals surface area contributed by atoms with Crippen molar-refractivity contribution in [3.63, 3.8) is 0 Å². The molecule has 1 N–H and O–H groups in total. The Labute approximate surface area is 111 Å². The molecule has 1 aromatic rings. The Morgan fingerprint density at radius 2 is 2.11 bits per heavy atom. The van der Waals surface area contributed by atoms with E-state index in [4.69, 9.17) is 4.74 Å². The molecule has 0 aliphatic carbocycles. The molecule has 0 fully saturated rings. The number of anilines is 1. The number of nitrogens with zero attached hydrogens (tertiary/aromatic N) is 1. The normalized spacial score (nSPS) is 10.7. The van der Waals surface area contributed by atoms with E-state index in [9.17, 15) is 14.5 Å². The first kappa shape index (κ1) is 15.4. The number of nitro groups is 1. The summed E-state index contributed by atoms with van der Waals surface area (Å²) in [5, 5.41) is 13.5. The molecule has 0 bridgehead atoms. The Morgan fingerprint density at radius 1 is 1.37 bits per heavy atom. The fourth-order valence-electron chi connectivity index (χ4n) is 1.47. The van der Waals surface area contributed by atoms with Gasteiger partial charge in [-0.1, -0.05) is 13.8 Å². The minimum atomic E-state index is -0.627. The topological polar surface area (TPSA) is 64.4 Å². The van der Waals surface area contributed by atoms with Crippen LogP contribution in [0.1, 0.15) is 20.3 Å².